The van der Waals surface area contributed by atoms with Crippen LogP contribution in [0.2, 0.25) is 0 Å². The highest BCUT2D eigenvalue weighted by Crippen LogP contribution is 2.28. The van der Waals surface area contributed by atoms with Crippen molar-refractivity contribution in [1.82, 2.24) is 0 Å². The minimum atomic E-state index is -1.22. The van der Waals surface area contributed by atoms with E-state index in [1.54, 1.807) is 0 Å². The summed E-state index contributed by atoms with van der Waals surface area (Å²) >= 11 is 0. The molecule has 2 rings (SSSR count). The summed E-state index contributed by atoms with van der Waals surface area (Å²) in [7, 11) is 0. The van der Waals surface area contributed by atoms with Crippen LogP contribution in [0.15, 0.2) is 42.5 Å². The van der Waals surface area contributed by atoms with E-state index in [4.69, 9.17) is 10.2 Å². The van der Waals surface area contributed by atoms with Gasteiger partial charge in [0.25, 0.3) is 5.69 Å². The molecular formula is C14H9NO6. The van der Waals surface area contributed by atoms with Crippen molar-refractivity contribution in [2.24, 2.45) is 0 Å². The van der Waals surface area contributed by atoms with Gasteiger partial charge in [-0.3, -0.25) is 10.1 Å². The number of hydrogen-bond donors (Lipinski definition) is 2. The zero-order valence-corrected chi connectivity index (χ0v) is 10.5. The molecule has 0 amide bonds. The van der Waals surface area contributed by atoms with Gasteiger partial charge in [0.2, 0.25) is 0 Å². The van der Waals surface area contributed by atoms with Crippen molar-refractivity contribution in [3.05, 3.63) is 63.7 Å². The average molecular weight is 287 g/mol. The number of carboxylic acids is 2. The molecule has 0 heterocycles. The fourth-order valence-electron chi connectivity index (χ4n) is 1.86. The Kier molecular flexibility index (Phi) is 3.66. The van der Waals surface area contributed by atoms with Crippen molar-refractivity contribution in [1.29, 1.82) is 0 Å². The van der Waals surface area contributed by atoms with E-state index in [1.165, 1.54) is 24.3 Å². The Balaban J connectivity index is 2.59. The molecule has 2 N–H and O–H groups in total. The van der Waals surface area contributed by atoms with Gasteiger partial charge in [-0.1, -0.05) is 12.1 Å². The van der Waals surface area contributed by atoms with E-state index in [1.807, 2.05) is 0 Å². The van der Waals surface area contributed by atoms with Crippen LogP contribution in [-0.2, 0) is 0 Å². The smallest absolute Gasteiger partial charge is 0.336 e. The van der Waals surface area contributed by atoms with Crippen molar-refractivity contribution >= 4 is 17.6 Å². The molecular weight excluding hydrogens is 278 g/mol. The number of nitro benzene ring substituents is 1. The molecule has 0 unspecified atom stereocenters. The molecule has 2 aromatic carbocycles. The summed E-state index contributed by atoms with van der Waals surface area (Å²) in [6.45, 7) is 0. The third kappa shape index (κ3) is 2.86. The molecule has 7 heteroatoms. The number of carboxylic acid groups (broad SMARTS) is 2. The predicted octanol–water partition coefficient (Wildman–Crippen LogP) is 2.66. The second-order valence-corrected chi connectivity index (χ2v) is 4.17. The molecule has 0 saturated heterocycles. The highest BCUT2D eigenvalue weighted by molar-refractivity contribution is 5.97. The van der Waals surface area contributed by atoms with Gasteiger partial charge in [-0.05, 0) is 23.8 Å². The van der Waals surface area contributed by atoms with E-state index < -0.39 is 16.9 Å². The number of rotatable bonds is 4. The SMILES string of the molecule is O=C(O)c1ccc(-c2cc([N+](=O)[O-])ccc2C(=O)O)cc1. The highest BCUT2D eigenvalue weighted by atomic mass is 16.6. The summed E-state index contributed by atoms with van der Waals surface area (Å²) in [5, 5.41) is 28.7. The molecule has 0 aromatic heterocycles. The number of nitro groups is 1. The lowest BCUT2D eigenvalue weighted by atomic mass is 9.98. The van der Waals surface area contributed by atoms with Gasteiger partial charge in [0.05, 0.1) is 16.1 Å². The summed E-state index contributed by atoms with van der Waals surface area (Å²) in [6, 6.07) is 8.85. The third-order valence-corrected chi connectivity index (χ3v) is 2.89. The molecule has 0 bridgehead atoms. The Labute approximate surface area is 118 Å². The summed E-state index contributed by atoms with van der Waals surface area (Å²) in [6.07, 6.45) is 0. The molecule has 0 aliphatic carbocycles. The Bertz CT molecular complexity index is 736. The second-order valence-electron chi connectivity index (χ2n) is 4.17. The monoisotopic (exact) mass is 287 g/mol. The molecule has 106 valence electrons. The maximum Gasteiger partial charge on any atom is 0.336 e. The van der Waals surface area contributed by atoms with Crippen LogP contribution in [0.1, 0.15) is 20.7 Å². The van der Waals surface area contributed by atoms with E-state index in [-0.39, 0.29) is 22.4 Å². The molecule has 0 radical (unpaired) electrons. The summed E-state index contributed by atoms with van der Waals surface area (Å²) < 4.78 is 0. The minimum Gasteiger partial charge on any atom is -0.478 e. The largest absolute Gasteiger partial charge is 0.478 e. The first-order chi connectivity index (χ1) is 9.90. The molecule has 0 fully saturated rings. The van der Waals surface area contributed by atoms with Gasteiger partial charge in [0.15, 0.2) is 0 Å². The van der Waals surface area contributed by atoms with Gasteiger partial charge in [-0.15, -0.1) is 0 Å². The zero-order chi connectivity index (χ0) is 15.6. The molecule has 0 saturated carbocycles. The van der Waals surface area contributed by atoms with Crippen LogP contribution in [0.25, 0.3) is 11.1 Å². The number of nitrogens with zero attached hydrogens (tertiary/aromatic N) is 1. The summed E-state index contributed by atoms with van der Waals surface area (Å²) in [4.78, 5) is 32.1. The van der Waals surface area contributed by atoms with Crippen LogP contribution in [0, 0.1) is 10.1 Å². The zero-order valence-electron chi connectivity index (χ0n) is 10.5. The lowest BCUT2D eigenvalue weighted by molar-refractivity contribution is -0.384. The maximum absolute atomic E-state index is 11.2. The van der Waals surface area contributed by atoms with Gasteiger partial charge < -0.3 is 10.2 Å². The van der Waals surface area contributed by atoms with Crippen molar-refractivity contribution in [2.45, 2.75) is 0 Å². The average Bonchev–Trinajstić information content (AvgIpc) is 2.46. The summed E-state index contributed by atoms with van der Waals surface area (Å²) in [5.74, 6) is -2.33. The maximum atomic E-state index is 11.2. The fraction of sp³-hybridized carbons (Fsp3) is 0. The van der Waals surface area contributed by atoms with Crippen molar-refractivity contribution in [2.75, 3.05) is 0 Å². The van der Waals surface area contributed by atoms with Gasteiger partial charge in [-0.2, -0.15) is 0 Å². The van der Waals surface area contributed by atoms with Gasteiger partial charge >= 0.3 is 11.9 Å². The van der Waals surface area contributed by atoms with Gasteiger partial charge in [-0.25, -0.2) is 9.59 Å². The lowest BCUT2D eigenvalue weighted by Gasteiger charge is -2.06. The number of non-ortho nitro benzene ring substituents is 1. The second kappa shape index (κ2) is 5.41. The Morgan fingerprint density at radius 1 is 0.952 bits per heavy atom. The van der Waals surface area contributed by atoms with E-state index in [0.717, 1.165) is 18.2 Å². The first kappa shape index (κ1) is 14.2. The van der Waals surface area contributed by atoms with Crippen molar-refractivity contribution < 1.29 is 24.7 Å². The van der Waals surface area contributed by atoms with Crippen LogP contribution < -0.4 is 0 Å². The first-order valence-corrected chi connectivity index (χ1v) is 5.75. The van der Waals surface area contributed by atoms with Crippen LogP contribution >= 0.6 is 0 Å². The molecule has 0 spiro atoms. The van der Waals surface area contributed by atoms with Crippen molar-refractivity contribution in [3.8, 4) is 11.1 Å². The Morgan fingerprint density at radius 2 is 1.57 bits per heavy atom. The number of carbonyl (C=O) groups is 2. The molecule has 7 nitrogen and oxygen atoms in total. The van der Waals surface area contributed by atoms with Crippen LogP contribution in [0.5, 0.6) is 0 Å². The molecule has 0 aliphatic heterocycles. The van der Waals surface area contributed by atoms with Crippen LogP contribution in [0.3, 0.4) is 0 Å². The summed E-state index contributed by atoms with van der Waals surface area (Å²) in [5.41, 5.74) is 0.261. The predicted molar refractivity (Wildman–Crippen MR) is 72.5 cm³/mol. The normalized spacial score (nSPS) is 10.1. The van der Waals surface area contributed by atoms with Crippen molar-refractivity contribution in [3.63, 3.8) is 0 Å². The highest BCUT2D eigenvalue weighted by Gasteiger charge is 2.17. The number of benzene rings is 2. The molecule has 0 aliphatic rings. The Morgan fingerprint density at radius 3 is 2.05 bits per heavy atom. The first-order valence-electron chi connectivity index (χ1n) is 5.75. The topological polar surface area (TPSA) is 118 Å². The Hall–Kier alpha value is -3.22. The van der Waals surface area contributed by atoms with E-state index in [9.17, 15) is 19.7 Å². The van der Waals surface area contributed by atoms with Crippen LogP contribution in [0.4, 0.5) is 5.69 Å². The molecule has 2 aromatic rings. The van der Waals surface area contributed by atoms with Gasteiger partial charge in [0.1, 0.15) is 0 Å². The molecule has 0 atom stereocenters. The number of hydrogen-bond acceptors (Lipinski definition) is 4. The van der Waals surface area contributed by atoms with E-state index in [2.05, 4.69) is 0 Å². The van der Waals surface area contributed by atoms with E-state index in [0.29, 0.717) is 5.56 Å². The standard InChI is InChI=1S/C14H9NO6/c16-13(17)9-3-1-8(2-4-9)12-7-10(15(20)21)5-6-11(12)14(18)19/h1-7H,(H,16,17)(H,18,19). The van der Waals surface area contributed by atoms with Crippen LogP contribution in [-0.4, -0.2) is 27.1 Å². The fourth-order valence-corrected chi connectivity index (χ4v) is 1.86. The lowest BCUT2D eigenvalue weighted by Crippen LogP contribution is -2.01. The molecule has 21 heavy (non-hydrogen) atoms. The minimum absolute atomic E-state index is 0.0426. The number of aromatic carboxylic acids is 2. The third-order valence-electron chi connectivity index (χ3n) is 2.89. The quantitative estimate of drug-likeness (QED) is 0.659. The van der Waals surface area contributed by atoms with E-state index >= 15 is 0 Å². The van der Waals surface area contributed by atoms with Gasteiger partial charge in [0, 0.05) is 17.7 Å².